The summed E-state index contributed by atoms with van der Waals surface area (Å²) in [6, 6.07) is 7.93. The lowest BCUT2D eigenvalue weighted by atomic mass is 9.74. The summed E-state index contributed by atoms with van der Waals surface area (Å²) in [6.45, 7) is 2.79. The Kier molecular flexibility index (Phi) is 4.09. The zero-order valence-electron chi connectivity index (χ0n) is 12.8. The third-order valence-electron chi connectivity index (χ3n) is 4.87. The zero-order chi connectivity index (χ0) is 15.7. The Morgan fingerprint density at radius 2 is 2.00 bits per heavy atom. The standard InChI is InChI=1S/C17H19ClN2O3/c18-14-3-1-2-13(10-14)17(5-8-21-9-6-17)16-19-15(20-23-16)12-4-7-22-11-12/h1-3,10,12H,4-9,11H2/t12-/m1/s1. The van der Waals surface area contributed by atoms with E-state index in [1.165, 1.54) is 0 Å². The van der Waals surface area contributed by atoms with Crippen LogP contribution in [0.4, 0.5) is 0 Å². The van der Waals surface area contributed by atoms with E-state index in [0.29, 0.717) is 25.7 Å². The quantitative estimate of drug-likeness (QED) is 0.861. The van der Waals surface area contributed by atoms with E-state index in [-0.39, 0.29) is 11.3 Å². The van der Waals surface area contributed by atoms with Gasteiger partial charge in [-0.3, -0.25) is 0 Å². The molecule has 0 bridgehead atoms. The van der Waals surface area contributed by atoms with E-state index in [9.17, 15) is 0 Å². The second kappa shape index (κ2) is 6.23. The summed E-state index contributed by atoms with van der Waals surface area (Å²) >= 11 is 6.21. The van der Waals surface area contributed by atoms with Crippen LogP contribution in [0.25, 0.3) is 0 Å². The minimum absolute atomic E-state index is 0.240. The summed E-state index contributed by atoms with van der Waals surface area (Å²) in [5.41, 5.74) is 0.805. The monoisotopic (exact) mass is 334 g/mol. The fourth-order valence-electron chi connectivity index (χ4n) is 3.47. The summed E-state index contributed by atoms with van der Waals surface area (Å²) in [6.07, 6.45) is 2.58. The molecule has 2 aromatic rings. The van der Waals surface area contributed by atoms with E-state index >= 15 is 0 Å². The first-order valence-electron chi connectivity index (χ1n) is 8.03. The van der Waals surface area contributed by atoms with Crippen molar-refractivity contribution >= 4 is 11.6 Å². The van der Waals surface area contributed by atoms with Crippen LogP contribution < -0.4 is 0 Å². The highest BCUT2D eigenvalue weighted by atomic mass is 35.5. The van der Waals surface area contributed by atoms with Gasteiger partial charge in [0.15, 0.2) is 5.82 Å². The maximum atomic E-state index is 6.21. The molecule has 5 nitrogen and oxygen atoms in total. The van der Waals surface area contributed by atoms with E-state index in [1.807, 2.05) is 18.2 Å². The van der Waals surface area contributed by atoms with Gasteiger partial charge in [0.25, 0.3) is 0 Å². The van der Waals surface area contributed by atoms with Crippen molar-refractivity contribution in [3.8, 4) is 0 Å². The largest absolute Gasteiger partial charge is 0.381 e. The van der Waals surface area contributed by atoms with Gasteiger partial charge in [0.2, 0.25) is 5.89 Å². The number of benzene rings is 1. The van der Waals surface area contributed by atoms with Crippen molar-refractivity contribution in [2.24, 2.45) is 0 Å². The predicted octanol–water partition coefficient (Wildman–Crippen LogP) is 3.32. The van der Waals surface area contributed by atoms with Crippen molar-refractivity contribution in [3.63, 3.8) is 0 Å². The molecule has 0 N–H and O–H groups in total. The molecule has 1 aromatic carbocycles. The van der Waals surface area contributed by atoms with Crippen molar-refractivity contribution in [1.82, 2.24) is 10.1 Å². The molecule has 1 aromatic heterocycles. The van der Waals surface area contributed by atoms with Crippen molar-refractivity contribution < 1.29 is 14.0 Å². The van der Waals surface area contributed by atoms with Crippen LogP contribution in [-0.4, -0.2) is 36.6 Å². The molecule has 0 radical (unpaired) electrons. The van der Waals surface area contributed by atoms with Gasteiger partial charge in [-0.25, -0.2) is 0 Å². The number of ether oxygens (including phenoxy) is 2. The molecule has 2 saturated heterocycles. The fraction of sp³-hybridized carbons (Fsp3) is 0.529. The average Bonchev–Trinajstić information content (AvgIpc) is 3.27. The molecule has 2 aliphatic heterocycles. The molecule has 23 heavy (non-hydrogen) atoms. The van der Waals surface area contributed by atoms with E-state index in [1.54, 1.807) is 0 Å². The highest BCUT2D eigenvalue weighted by Crippen LogP contribution is 2.41. The van der Waals surface area contributed by atoms with Crippen LogP contribution in [0.5, 0.6) is 0 Å². The average molecular weight is 335 g/mol. The first-order chi connectivity index (χ1) is 11.3. The smallest absolute Gasteiger partial charge is 0.237 e. The molecule has 1 atom stereocenters. The maximum Gasteiger partial charge on any atom is 0.237 e. The Morgan fingerprint density at radius 3 is 2.74 bits per heavy atom. The maximum absolute atomic E-state index is 6.21. The molecular weight excluding hydrogens is 316 g/mol. The third kappa shape index (κ3) is 2.77. The molecule has 0 unspecified atom stereocenters. The van der Waals surface area contributed by atoms with E-state index in [4.69, 9.17) is 30.6 Å². The second-order valence-electron chi connectivity index (χ2n) is 6.22. The van der Waals surface area contributed by atoms with Crippen LogP contribution in [0.2, 0.25) is 5.02 Å². The van der Waals surface area contributed by atoms with Crippen molar-refractivity contribution in [3.05, 3.63) is 46.6 Å². The number of rotatable bonds is 3. The molecule has 4 rings (SSSR count). The molecule has 2 fully saturated rings. The highest BCUT2D eigenvalue weighted by molar-refractivity contribution is 6.30. The summed E-state index contributed by atoms with van der Waals surface area (Å²) < 4.78 is 16.7. The van der Waals surface area contributed by atoms with Gasteiger partial charge >= 0.3 is 0 Å². The van der Waals surface area contributed by atoms with Gasteiger partial charge < -0.3 is 14.0 Å². The molecule has 6 heteroatoms. The van der Waals surface area contributed by atoms with Crippen LogP contribution >= 0.6 is 11.6 Å². The molecule has 122 valence electrons. The number of nitrogens with zero attached hydrogens (tertiary/aromatic N) is 2. The number of hydrogen-bond acceptors (Lipinski definition) is 5. The molecule has 3 heterocycles. The summed E-state index contributed by atoms with van der Waals surface area (Å²) in [4.78, 5) is 4.74. The predicted molar refractivity (Wildman–Crippen MR) is 84.8 cm³/mol. The van der Waals surface area contributed by atoms with E-state index in [2.05, 4.69) is 11.2 Å². The Balaban J connectivity index is 1.73. The van der Waals surface area contributed by atoms with Crippen LogP contribution in [0, 0.1) is 0 Å². The lowest BCUT2D eigenvalue weighted by Gasteiger charge is -2.34. The van der Waals surface area contributed by atoms with Gasteiger partial charge in [0.1, 0.15) is 0 Å². The van der Waals surface area contributed by atoms with Crippen LogP contribution in [0.15, 0.2) is 28.8 Å². The molecule has 0 aliphatic carbocycles. The van der Waals surface area contributed by atoms with Gasteiger partial charge in [-0.15, -0.1) is 0 Å². The molecule has 0 spiro atoms. The van der Waals surface area contributed by atoms with Crippen molar-refractivity contribution in [2.45, 2.75) is 30.6 Å². The first-order valence-corrected chi connectivity index (χ1v) is 8.41. The Hall–Kier alpha value is -1.43. The van der Waals surface area contributed by atoms with Gasteiger partial charge in [0.05, 0.1) is 12.0 Å². The van der Waals surface area contributed by atoms with Crippen molar-refractivity contribution in [1.29, 1.82) is 0 Å². The van der Waals surface area contributed by atoms with Gasteiger partial charge in [-0.05, 0) is 37.0 Å². The summed E-state index contributed by atoms with van der Waals surface area (Å²) in [5, 5.41) is 4.95. The topological polar surface area (TPSA) is 57.4 Å². The first kappa shape index (κ1) is 15.1. The molecule has 0 amide bonds. The molecule has 2 aliphatic rings. The third-order valence-corrected chi connectivity index (χ3v) is 5.10. The van der Waals surface area contributed by atoms with Crippen LogP contribution in [0.3, 0.4) is 0 Å². The summed E-state index contributed by atoms with van der Waals surface area (Å²) in [5.74, 6) is 1.67. The van der Waals surface area contributed by atoms with Gasteiger partial charge in [0, 0.05) is 30.8 Å². The Labute approximate surface area is 139 Å². The van der Waals surface area contributed by atoms with Gasteiger partial charge in [-0.2, -0.15) is 4.98 Å². The van der Waals surface area contributed by atoms with Crippen LogP contribution in [-0.2, 0) is 14.9 Å². The van der Waals surface area contributed by atoms with Crippen molar-refractivity contribution in [2.75, 3.05) is 26.4 Å². The van der Waals surface area contributed by atoms with Gasteiger partial charge in [-0.1, -0.05) is 28.9 Å². The molecule has 0 saturated carbocycles. The minimum Gasteiger partial charge on any atom is -0.381 e. The lowest BCUT2D eigenvalue weighted by Crippen LogP contribution is -2.35. The minimum atomic E-state index is -0.312. The lowest BCUT2D eigenvalue weighted by molar-refractivity contribution is 0.0523. The van der Waals surface area contributed by atoms with E-state index in [0.717, 1.165) is 42.3 Å². The highest BCUT2D eigenvalue weighted by Gasteiger charge is 2.42. The molecular formula is C17H19ClN2O3. The zero-order valence-corrected chi connectivity index (χ0v) is 13.6. The summed E-state index contributed by atoms with van der Waals surface area (Å²) in [7, 11) is 0. The Morgan fingerprint density at radius 1 is 1.13 bits per heavy atom. The number of halogens is 1. The SMILES string of the molecule is Clc1cccc(C2(c3nc([C@@H]4CCOC4)no3)CCOCC2)c1. The fourth-order valence-corrected chi connectivity index (χ4v) is 3.66. The number of hydrogen-bond donors (Lipinski definition) is 0. The Bertz CT molecular complexity index is 676. The normalized spacial score (nSPS) is 24.0. The van der Waals surface area contributed by atoms with Crippen LogP contribution in [0.1, 0.15) is 42.5 Å². The second-order valence-corrected chi connectivity index (χ2v) is 6.66. The van der Waals surface area contributed by atoms with E-state index < -0.39 is 0 Å². The number of aromatic nitrogens is 2.